The van der Waals surface area contributed by atoms with Gasteiger partial charge in [0.2, 0.25) is 5.91 Å². The lowest BCUT2D eigenvalue weighted by Crippen LogP contribution is -2.31. The summed E-state index contributed by atoms with van der Waals surface area (Å²) in [6, 6.07) is 8.82. The van der Waals surface area contributed by atoms with Gasteiger partial charge >= 0.3 is 0 Å². The van der Waals surface area contributed by atoms with Crippen molar-refractivity contribution in [2.75, 3.05) is 17.3 Å². The van der Waals surface area contributed by atoms with Gasteiger partial charge in [-0.2, -0.15) is 0 Å². The summed E-state index contributed by atoms with van der Waals surface area (Å²) in [6.07, 6.45) is 2.66. The Hall–Kier alpha value is -2.56. The highest BCUT2D eigenvalue weighted by molar-refractivity contribution is 6.03. The van der Waals surface area contributed by atoms with Gasteiger partial charge in [0.25, 0.3) is 5.91 Å². The first-order chi connectivity index (χ1) is 9.65. The Labute approximate surface area is 116 Å². The molecule has 1 N–H and O–H groups in total. The fourth-order valence-corrected chi connectivity index (χ4v) is 2.33. The molecule has 0 aliphatic carbocycles. The number of nitrogens with one attached hydrogen (secondary N) is 1. The van der Waals surface area contributed by atoms with E-state index in [0.717, 1.165) is 11.3 Å². The van der Waals surface area contributed by atoms with Crippen LogP contribution >= 0.6 is 0 Å². The first-order valence-electron chi connectivity index (χ1n) is 6.39. The molecule has 1 aliphatic rings. The normalized spacial score (nSPS) is 14.1. The van der Waals surface area contributed by atoms with Crippen molar-refractivity contribution in [3.8, 4) is 0 Å². The third kappa shape index (κ3) is 2.18. The molecular weight excluding hydrogens is 256 g/mol. The zero-order valence-corrected chi connectivity index (χ0v) is 11.1. The maximum atomic E-state index is 11.9. The van der Waals surface area contributed by atoms with Crippen LogP contribution in [0.25, 0.3) is 0 Å². The summed E-state index contributed by atoms with van der Waals surface area (Å²) < 4.78 is 5.05. The van der Waals surface area contributed by atoms with Crippen LogP contribution in [0, 0.1) is 0 Å². The molecule has 2 aromatic rings. The van der Waals surface area contributed by atoms with Gasteiger partial charge in [-0.3, -0.25) is 9.59 Å². The monoisotopic (exact) mass is 270 g/mol. The van der Waals surface area contributed by atoms with Crippen molar-refractivity contribution >= 4 is 23.2 Å². The van der Waals surface area contributed by atoms with E-state index in [1.807, 2.05) is 12.1 Å². The molecule has 5 nitrogen and oxygen atoms in total. The van der Waals surface area contributed by atoms with Gasteiger partial charge in [-0.15, -0.1) is 0 Å². The third-order valence-electron chi connectivity index (χ3n) is 3.43. The van der Waals surface area contributed by atoms with Crippen LogP contribution in [-0.4, -0.2) is 18.9 Å². The summed E-state index contributed by atoms with van der Waals surface area (Å²) in [5.74, 6) is 0.107. The van der Waals surface area contributed by atoms with E-state index in [9.17, 15) is 9.59 Å². The van der Waals surface area contributed by atoms with Gasteiger partial charge in [-0.25, -0.2) is 0 Å². The van der Waals surface area contributed by atoms with Crippen molar-refractivity contribution in [3.63, 3.8) is 0 Å². The Morgan fingerprint density at radius 2 is 2.15 bits per heavy atom. The molecule has 0 radical (unpaired) electrons. The van der Waals surface area contributed by atoms with Crippen molar-refractivity contribution < 1.29 is 14.0 Å². The summed E-state index contributed by atoms with van der Waals surface area (Å²) in [5, 5.41) is 2.78. The molecular formula is C15H14N2O3. The maximum absolute atomic E-state index is 11.9. The zero-order chi connectivity index (χ0) is 14.1. The van der Waals surface area contributed by atoms with E-state index in [2.05, 4.69) is 5.32 Å². The molecule has 2 heterocycles. The lowest BCUT2D eigenvalue weighted by molar-refractivity contribution is -0.118. The second-order valence-corrected chi connectivity index (χ2v) is 4.73. The summed E-state index contributed by atoms with van der Waals surface area (Å²) in [6.45, 7) is 0. The highest BCUT2D eigenvalue weighted by atomic mass is 16.3. The number of aryl methyl sites for hydroxylation is 1. The second-order valence-electron chi connectivity index (χ2n) is 4.73. The smallest absolute Gasteiger partial charge is 0.291 e. The molecule has 102 valence electrons. The number of hydrogen-bond acceptors (Lipinski definition) is 3. The van der Waals surface area contributed by atoms with Crippen molar-refractivity contribution in [1.29, 1.82) is 0 Å². The van der Waals surface area contributed by atoms with E-state index in [-0.39, 0.29) is 17.6 Å². The van der Waals surface area contributed by atoms with Gasteiger partial charge in [-0.1, -0.05) is 0 Å². The lowest BCUT2D eigenvalue weighted by Gasteiger charge is -2.26. The van der Waals surface area contributed by atoms with Crippen LogP contribution in [0.1, 0.15) is 22.5 Å². The quantitative estimate of drug-likeness (QED) is 0.911. The number of nitrogens with zero attached hydrogens (tertiary/aromatic N) is 1. The molecule has 1 aromatic heterocycles. The Morgan fingerprint density at radius 3 is 2.90 bits per heavy atom. The molecule has 0 unspecified atom stereocenters. The fraction of sp³-hybridized carbons (Fsp3) is 0.200. The second kappa shape index (κ2) is 4.85. The zero-order valence-electron chi connectivity index (χ0n) is 11.1. The molecule has 0 spiro atoms. The third-order valence-corrected chi connectivity index (χ3v) is 3.43. The lowest BCUT2D eigenvalue weighted by atomic mass is 10.0. The highest BCUT2D eigenvalue weighted by Gasteiger charge is 2.21. The van der Waals surface area contributed by atoms with E-state index >= 15 is 0 Å². The van der Waals surface area contributed by atoms with Crippen molar-refractivity contribution in [3.05, 3.63) is 47.9 Å². The number of anilines is 2. The molecule has 0 saturated heterocycles. The minimum absolute atomic E-state index is 0.116. The summed E-state index contributed by atoms with van der Waals surface area (Å²) >= 11 is 0. The SMILES string of the molecule is CN1C(=O)CCc2cc(NC(=O)c3ccco3)ccc21. The van der Waals surface area contributed by atoms with Gasteiger partial charge in [0, 0.05) is 24.8 Å². The van der Waals surface area contributed by atoms with Crippen molar-refractivity contribution in [2.24, 2.45) is 0 Å². The molecule has 0 atom stereocenters. The van der Waals surface area contributed by atoms with Crippen LogP contribution in [0.2, 0.25) is 0 Å². The molecule has 0 fully saturated rings. The first-order valence-corrected chi connectivity index (χ1v) is 6.39. The average molecular weight is 270 g/mol. The van der Waals surface area contributed by atoms with Gasteiger partial charge in [0.1, 0.15) is 0 Å². The Morgan fingerprint density at radius 1 is 1.30 bits per heavy atom. The molecule has 3 rings (SSSR count). The average Bonchev–Trinajstić information content (AvgIpc) is 2.97. The molecule has 5 heteroatoms. The number of fused-ring (bicyclic) bond motifs is 1. The van der Waals surface area contributed by atoms with Crippen LogP contribution in [0.5, 0.6) is 0 Å². The predicted octanol–water partition coefficient (Wildman–Crippen LogP) is 2.44. The number of hydrogen-bond donors (Lipinski definition) is 1. The number of furan rings is 1. The Kier molecular flexibility index (Phi) is 3.02. The standard InChI is InChI=1S/C15H14N2O3/c1-17-12-6-5-11(9-10(12)4-7-14(17)18)16-15(19)13-3-2-8-20-13/h2-3,5-6,8-9H,4,7H2,1H3,(H,16,19). The minimum Gasteiger partial charge on any atom is -0.459 e. The molecule has 2 amide bonds. The molecule has 20 heavy (non-hydrogen) atoms. The number of amides is 2. The van der Waals surface area contributed by atoms with Gasteiger partial charge in [0.15, 0.2) is 5.76 Å². The number of benzene rings is 1. The largest absolute Gasteiger partial charge is 0.459 e. The van der Waals surface area contributed by atoms with Crippen LogP contribution in [0.3, 0.4) is 0 Å². The maximum Gasteiger partial charge on any atom is 0.291 e. The van der Waals surface area contributed by atoms with Crippen LogP contribution in [0.4, 0.5) is 11.4 Å². The van der Waals surface area contributed by atoms with Crippen molar-refractivity contribution in [2.45, 2.75) is 12.8 Å². The molecule has 0 bridgehead atoms. The van der Waals surface area contributed by atoms with Crippen LogP contribution < -0.4 is 10.2 Å². The molecule has 0 saturated carbocycles. The Balaban J connectivity index is 1.83. The topological polar surface area (TPSA) is 62.6 Å². The highest BCUT2D eigenvalue weighted by Crippen LogP contribution is 2.29. The minimum atomic E-state index is -0.282. The van der Waals surface area contributed by atoms with E-state index in [1.165, 1.54) is 6.26 Å². The molecule has 1 aliphatic heterocycles. The first kappa shape index (κ1) is 12.5. The number of rotatable bonds is 2. The number of carbonyl (C=O) groups excluding carboxylic acids is 2. The summed E-state index contributed by atoms with van der Waals surface area (Å²) in [4.78, 5) is 25.2. The van der Waals surface area contributed by atoms with Crippen LogP contribution in [0.15, 0.2) is 41.0 Å². The van der Waals surface area contributed by atoms with Gasteiger partial charge in [0.05, 0.1) is 6.26 Å². The number of carbonyl (C=O) groups is 2. The van der Waals surface area contributed by atoms with E-state index in [0.29, 0.717) is 18.5 Å². The summed E-state index contributed by atoms with van der Waals surface area (Å²) in [7, 11) is 1.77. The Bertz CT molecular complexity index is 662. The van der Waals surface area contributed by atoms with Gasteiger partial charge < -0.3 is 14.6 Å². The van der Waals surface area contributed by atoms with Gasteiger partial charge in [-0.05, 0) is 42.3 Å². The fourth-order valence-electron chi connectivity index (χ4n) is 2.33. The van der Waals surface area contributed by atoms with E-state index in [1.54, 1.807) is 30.1 Å². The van der Waals surface area contributed by atoms with E-state index in [4.69, 9.17) is 4.42 Å². The van der Waals surface area contributed by atoms with Crippen LogP contribution in [-0.2, 0) is 11.2 Å². The van der Waals surface area contributed by atoms with E-state index < -0.39 is 0 Å². The predicted molar refractivity (Wildman–Crippen MR) is 74.8 cm³/mol. The van der Waals surface area contributed by atoms with Crippen molar-refractivity contribution in [1.82, 2.24) is 0 Å². The molecule has 1 aromatic carbocycles. The summed E-state index contributed by atoms with van der Waals surface area (Å²) in [5.41, 5.74) is 2.66.